The summed E-state index contributed by atoms with van der Waals surface area (Å²) in [4.78, 5) is 17.8. The van der Waals surface area contributed by atoms with Gasteiger partial charge in [0.2, 0.25) is 0 Å². The van der Waals surface area contributed by atoms with Crippen LogP contribution < -0.4 is 14.5 Å². The summed E-state index contributed by atoms with van der Waals surface area (Å²) in [6, 6.07) is 16.2. The minimum absolute atomic E-state index is 0.243. The predicted octanol–water partition coefficient (Wildman–Crippen LogP) is 5.84. The molecule has 0 spiro atoms. The van der Waals surface area contributed by atoms with Crippen LogP contribution in [0.2, 0.25) is 5.02 Å². The van der Waals surface area contributed by atoms with Crippen molar-refractivity contribution in [3.8, 4) is 15.9 Å². The van der Waals surface area contributed by atoms with E-state index < -0.39 is 12.2 Å². The first-order chi connectivity index (χ1) is 25.4. The van der Waals surface area contributed by atoms with Crippen molar-refractivity contribution < 1.29 is 25.2 Å². The Labute approximate surface area is 327 Å². The van der Waals surface area contributed by atoms with Gasteiger partial charge < -0.3 is 35.0 Å². The molecule has 11 nitrogen and oxygen atoms in total. The number of aliphatic hydroxyl groups is 2. The van der Waals surface area contributed by atoms with Crippen molar-refractivity contribution in [1.82, 2.24) is 19.8 Å². The highest BCUT2D eigenvalue weighted by molar-refractivity contribution is 7.13. The fourth-order valence-electron chi connectivity index (χ4n) is 6.47. The molecular formula is C39H55ClN6O5S2. The van der Waals surface area contributed by atoms with E-state index >= 15 is 0 Å². The summed E-state index contributed by atoms with van der Waals surface area (Å²) in [7, 11) is 0. The van der Waals surface area contributed by atoms with Crippen molar-refractivity contribution in [3.05, 3.63) is 75.0 Å². The second-order valence-corrected chi connectivity index (χ2v) is 16.8. The van der Waals surface area contributed by atoms with E-state index in [1.807, 2.05) is 24.3 Å². The first-order valence-electron chi connectivity index (χ1n) is 18.5. The zero-order chi connectivity index (χ0) is 37.9. The molecule has 290 valence electrons. The van der Waals surface area contributed by atoms with Crippen LogP contribution in [-0.2, 0) is 12.8 Å². The molecule has 14 heteroatoms. The fraction of sp³-hybridized carbons (Fsp3) is 0.538. The fourth-order valence-corrected chi connectivity index (χ4v) is 8.40. The topological polar surface area (TPSA) is 129 Å². The molecule has 0 amide bonds. The molecule has 0 radical (unpaired) electrons. The standard InChI is InChI=1S/C22H33N3O3S.C17H22ClN3O2S/c1-16(2)8-13-28-20-7-5-4-6-19(20)25-11-9-24(10-12-25)15-18(26)14-21-23-17(3)22(27)29-21;1-12-17(23)24-16(19-12)10-15(22)11-20-5-7-21(8-6-20)14-4-2-3-13(18)9-14/h4-7,16,18,26-27H,8-15H2,1-3H3;2-4,9,15,22-23H,5-8,10-11H2,1H3. The van der Waals surface area contributed by atoms with Crippen molar-refractivity contribution in [2.45, 2.75) is 59.2 Å². The second kappa shape index (κ2) is 19.9. The number of aliphatic hydroxyl groups excluding tert-OH is 2. The number of aromatic nitrogens is 2. The van der Waals surface area contributed by atoms with Crippen LogP contribution in [-0.4, -0.2) is 124 Å². The Balaban J connectivity index is 0.000000208. The average molecular weight is 787 g/mol. The first kappa shape index (κ1) is 41.0. The molecule has 2 fully saturated rings. The summed E-state index contributed by atoms with van der Waals surface area (Å²) in [6.45, 7) is 17.3. The van der Waals surface area contributed by atoms with Gasteiger partial charge in [-0.15, -0.1) is 0 Å². The molecule has 2 aliphatic rings. The van der Waals surface area contributed by atoms with Crippen LogP contribution in [0.15, 0.2) is 48.5 Å². The molecule has 6 rings (SSSR count). The van der Waals surface area contributed by atoms with Crippen LogP contribution in [0.3, 0.4) is 0 Å². The molecule has 0 bridgehead atoms. The number of para-hydroxylation sites is 2. The van der Waals surface area contributed by atoms with E-state index in [-0.39, 0.29) is 10.1 Å². The summed E-state index contributed by atoms with van der Waals surface area (Å²) in [5, 5.41) is 42.8. The maximum absolute atomic E-state index is 10.4. The highest BCUT2D eigenvalue weighted by Crippen LogP contribution is 2.30. The van der Waals surface area contributed by atoms with Crippen LogP contribution in [0.1, 0.15) is 41.7 Å². The molecule has 0 saturated carbocycles. The summed E-state index contributed by atoms with van der Waals surface area (Å²) in [5.41, 5.74) is 3.58. The van der Waals surface area contributed by atoms with Gasteiger partial charge in [-0.05, 0) is 56.5 Å². The minimum atomic E-state index is -0.474. The summed E-state index contributed by atoms with van der Waals surface area (Å²) in [6.07, 6.45) is 1.08. The van der Waals surface area contributed by atoms with Crippen LogP contribution in [0.4, 0.5) is 11.4 Å². The smallest absolute Gasteiger partial charge is 0.194 e. The maximum atomic E-state index is 10.4. The number of ether oxygens (including phenoxy) is 1. The Hall–Kier alpha value is -3.17. The summed E-state index contributed by atoms with van der Waals surface area (Å²) >= 11 is 8.56. The van der Waals surface area contributed by atoms with Crippen molar-refractivity contribution in [1.29, 1.82) is 0 Å². The Morgan fingerprint density at radius 3 is 1.75 bits per heavy atom. The second-order valence-electron chi connectivity index (χ2n) is 14.3. The zero-order valence-electron chi connectivity index (χ0n) is 31.3. The highest BCUT2D eigenvalue weighted by atomic mass is 35.5. The van der Waals surface area contributed by atoms with Crippen molar-refractivity contribution >= 4 is 45.6 Å². The van der Waals surface area contributed by atoms with E-state index in [4.69, 9.17) is 16.3 Å². The lowest BCUT2D eigenvalue weighted by atomic mass is 10.1. The van der Waals surface area contributed by atoms with E-state index in [1.54, 1.807) is 13.8 Å². The molecule has 0 aliphatic carbocycles. The van der Waals surface area contributed by atoms with E-state index in [2.05, 4.69) is 67.7 Å². The Morgan fingerprint density at radius 2 is 1.26 bits per heavy atom. The molecule has 2 saturated heterocycles. The third-order valence-electron chi connectivity index (χ3n) is 9.47. The number of halogens is 1. The lowest BCUT2D eigenvalue weighted by molar-refractivity contribution is 0.109. The van der Waals surface area contributed by atoms with E-state index in [9.17, 15) is 20.4 Å². The Morgan fingerprint density at radius 1 is 0.736 bits per heavy atom. The quantitative estimate of drug-likeness (QED) is 0.123. The monoisotopic (exact) mass is 786 g/mol. The molecular weight excluding hydrogens is 732 g/mol. The van der Waals surface area contributed by atoms with Gasteiger partial charge in [-0.2, -0.15) is 0 Å². The Kier molecular flexibility index (Phi) is 15.4. The van der Waals surface area contributed by atoms with Gasteiger partial charge in [0.1, 0.15) is 5.75 Å². The van der Waals surface area contributed by atoms with Crippen LogP contribution in [0.5, 0.6) is 15.9 Å². The SMILES string of the molecule is Cc1nc(CC(O)CN2CCN(c3cccc(Cl)c3)CC2)sc1O.Cc1nc(CC(O)CN2CCN(c3ccccc3OCCC(C)C)CC2)sc1O. The van der Waals surface area contributed by atoms with Gasteiger partial charge in [0.25, 0.3) is 0 Å². The third-order valence-corrected chi connectivity index (χ3v) is 11.7. The highest BCUT2D eigenvalue weighted by Gasteiger charge is 2.23. The van der Waals surface area contributed by atoms with Gasteiger partial charge in [-0.1, -0.05) is 66.3 Å². The third kappa shape index (κ3) is 12.7. The predicted molar refractivity (Wildman–Crippen MR) is 217 cm³/mol. The van der Waals surface area contributed by atoms with Gasteiger partial charge in [0.05, 0.1) is 45.9 Å². The van der Waals surface area contributed by atoms with Crippen molar-refractivity contribution in [2.24, 2.45) is 5.92 Å². The minimum Gasteiger partial charge on any atom is -0.498 e. The summed E-state index contributed by atoms with van der Waals surface area (Å²) < 4.78 is 6.05. The number of hydrogen-bond acceptors (Lipinski definition) is 13. The maximum Gasteiger partial charge on any atom is 0.194 e. The molecule has 4 aromatic rings. The Bertz CT molecular complexity index is 1670. The molecule has 53 heavy (non-hydrogen) atoms. The normalized spacial score (nSPS) is 16.8. The number of nitrogens with zero attached hydrogens (tertiary/aromatic N) is 6. The number of rotatable bonds is 14. The number of benzene rings is 2. The van der Waals surface area contributed by atoms with Gasteiger partial charge in [0, 0.05) is 89.0 Å². The summed E-state index contributed by atoms with van der Waals surface area (Å²) in [5.74, 6) is 1.59. The number of hydrogen-bond donors (Lipinski definition) is 4. The number of aromatic hydroxyl groups is 2. The number of thiazole rings is 2. The lowest BCUT2D eigenvalue weighted by Crippen LogP contribution is -2.49. The zero-order valence-corrected chi connectivity index (χ0v) is 33.7. The van der Waals surface area contributed by atoms with E-state index in [1.165, 1.54) is 22.7 Å². The number of β-amino-alcohol motifs (C(OH)–C–C–N with tert-alkyl or cyclic N) is 2. The molecule has 2 unspecified atom stereocenters. The molecule has 4 heterocycles. The molecule has 2 atom stereocenters. The average Bonchev–Trinajstić information content (AvgIpc) is 3.61. The van der Waals surface area contributed by atoms with Crippen LogP contribution >= 0.6 is 34.3 Å². The molecule has 4 N–H and O–H groups in total. The van der Waals surface area contributed by atoms with Gasteiger partial charge in [-0.25, -0.2) is 9.97 Å². The van der Waals surface area contributed by atoms with Crippen LogP contribution in [0, 0.1) is 19.8 Å². The lowest BCUT2D eigenvalue weighted by Gasteiger charge is -2.37. The van der Waals surface area contributed by atoms with E-state index in [0.29, 0.717) is 43.2 Å². The number of anilines is 2. The number of piperazine rings is 2. The van der Waals surface area contributed by atoms with Gasteiger partial charge >= 0.3 is 0 Å². The van der Waals surface area contributed by atoms with Crippen molar-refractivity contribution in [2.75, 3.05) is 81.9 Å². The first-order valence-corrected chi connectivity index (χ1v) is 20.5. The molecule has 2 aromatic carbocycles. The van der Waals surface area contributed by atoms with Crippen molar-refractivity contribution in [3.63, 3.8) is 0 Å². The van der Waals surface area contributed by atoms with E-state index in [0.717, 1.165) is 97.5 Å². The number of aryl methyl sites for hydroxylation is 2. The largest absolute Gasteiger partial charge is 0.498 e. The molecule has 2 aliphatic heterocycles. The van der Waals surface area contributed by atoms with Gasteiger partial charge in [-0.3, -0.25) is 9.80 Å². The van der Waals surface area contributed by atoms with Gasteiger partial charge in [0.15, 0.2) is 10.1 Å². The molecule has 2 aromatic heterocycles. The van der Waals surface area contributed by atoms with Crippen LogP contribution in [0.25, 0.3) is 0 Å².